The van der Waals surface area contributed by atoms with Gasteiger partial charge in [-0.25, -0.2) is 0 Å². The van der Waals surface area contributed by atoms with Crippen LogP contribution in [0.3, 0.4) is 0 Å². The minimum absolute atomic E-state index is 0.115. The molecular formula is C14H13NO5. The van der Waals surface area contributed by atoms with Gasteiger partial charge in [0, 0.05) is 23.2 Å². The van der Waals surface area contributed by atoms with Crippen LogP contribution in [0.25, 0.3) is 10.9 Å². The van der Waals surface area contributed by atoms with Crippen LogP contribution in [0.15, 0.2) is 18.3 Å². The van der Waals surface area contributed by atoms with Crippen molar-refractivity contribution in [2.75, 3.05) is 13.2 Å². The third kappa shape index (κ3) is 1.99. The molecule has 0 radical (unpaired) electrons. The van der Waals surface area contributed by atoms with Crippen LogP contribution in [-0.4, -0.2) is 34.6 Å². The fourth-order valence-corrected chi connectivity index (χ4v) is 2.38. The summed E-state index contributed by atoms with van der Waals surface area (Å²) >= 11 is 0. The fourth-order valence-electron chi connectivity index (χ4n) is 2.38. The summed E-state index contributed by atoms with van der Waals surface area (Å²) in [6.45, 7) is 2.17. The van der Waals surface area contributed by atoms with Crippen molar-refractivity contribution in [3.8, 4) is 11.5 Å². The Labute approximate surface area is 114 Å². The highest BCUT2D eigenvalue weighted by Gasteiger charge is 2.19. The van der Waals surface area contributed by atoms with Gasteiger partial charge in [0.1, 0.15) is 19.8 Å². The van der Waals surface area contributed by atoms with Crippen LogP contribution < -0.4 is 9.47 Å². The van der Waals surface area contributed by atoms with E-state index in [1.165, 1.54) is 11.5 Å². The third-order valence-corrected chi connectivity index (χ3v) is 3.23. The minimum atomic E-state index is -0.966. The van der Waals surface area contributed by atoms with Crippen LogP contribution in [0, 0.1) is 0 Å². The fraction of sp³-hybridized carbons (Fsp3) is 0.286. The molecule has 1 aliphatic rings. The molecule has 0 amide bonds. The maximum Gasteiger partial charge on any atom is 0.323 e. The second-order valence-corrected chi connectivity index (χ2v) is 4.63. The number of hydrogen-bond acceptors (Lipinski definition) is 4. The monoisotopic (exact) mass is 275 g/mol. The SMILES string of the molecule is CC(=O)c1cn(CC(=O)O)c2cc3c(cc12)OCCO3. The number of Topliss-reactive ketones (excluding diaryl/α,β-unsaturated/α-hetero) is 1. The Kier molecular flexibility index (Phi) is 2.85. The summed E-state index contributed by atoms with van der Waals surface area (Å²) in [5.74, 6) is 0.0747. The maximum absolute atomic E-state index is 11.7. The predicted octanol–water partition coefficient (Wildman–Crippen LogP) is 1.70. The molecule has 2 aromatic rings. The zero-order valence-electron chi connectivity index (χ0n) is 10.9. The van der Waals surface area contributed by atoms with Gasteiger partial charge in [-0.3, -0.25) is 9.59 Å². The molecule has 0 unspecified atom stereocenters. The highest BCUT2D eigenvalue weighted by atomic mass is 16.6. The van der Waals surface area contributed by atoms with Gasteiger partial charge >= 0.3 is 5.97 Å². The molecule has 0 saturated heterocycles. The number of nitrogens with zero attached hydrogens (tertiary/aromatic N) is 1. The van der Waals surface area contributed by atoms with Gasteiger partial charge in [-0.15, -0.1) is 0 Å². The summed E-state index contributed by atoms with van der Waals surface area (Å²) in [5.41, 5.74) is 1.14. The Morgan fingerprint density at radius 2 is 1.90 bits per heavy atom. The van der Waals surface area contributed by atoms with Crippen molar-refractivity contribution in [1.29, 1.82) is 0 Å². The summed E-state index contributed by atoms with van der Waals surface area (Å²) in [5, 5.41) is 9.63. The summed E-state index contributed by atoms with van der Waals surface area (Å²) in [4.78, 5) is 22.6. The lowest BCUT2D eigenvalue weighted by atomic mass is 10.1. The number of aliphatic carboxylic acids is 1. The van der Waals surface area contributed by atoms with Crippen molar-refractivity contribution in [1.82, 2.24) is 4.57 Å². The van der Waals surface area contributed by atoms with E-state index in [1.807, 2.05) is 0 Å². The van der Waals surface area contributed by atoms with Crippen LogP contribution in [0.1, 0.15) is 17.3 Å². The van der Waals surface area contributed by atoms with Crippen LogP contribution >= 0.6 is 0 Å². The highest BCUT2D eigenvalue weighted by Crippen LogP contribution is 2.36. The number of rotatable bonds is 3. The summed E-state index contributed by atoms with van der Waals surface area (Å²) in [6, 6.07) is 3.46. The molecular weight excluding hydrogens is 262 g/mol. The van der Waals surface area contributed by atoms with Crippen molar-refractivity contribution in [3.63, 3.8) is 0 Å². The van der Waals surface area contributed by atoms with E-state index in [2.05, 4.69) is 0 Å². The first-order chi connectivity index (χ1) is 9.56. The van der Waals surface area contributed by atoms with E-state index >= 15 is 0 Å². The molecule has 0 atom stereocenters. The van der Waals surface area contributed by atoms with Gasteiger partial charge < -0.3 is 19.1 Å². The number of aromatic nitrogens is 1. The molecule has 6 nitrogen and oxygen atoms in total. The van der Waals surface area contributed by atoms with Crippen molar-refractivity contribution in [2.45, 2.75) is 13.5 Å². The summed E-state index contributed by atoms with van der Waals surface area (Å²) in [6.07, 6.45) is 1.56. The third-order valence-electron chi connectivity index (χ3n) is 3.23. The molecule has 0 saturated carbocycles. The number of carbonyl (C=O) groups excluding carboxylic acids is 1. The van der Waals surface area contributed by atoms with Crippen molar-refractivity contribution in [3.05, 3.63) is 23.9 Å². The molecule has 104 valence electrons. The Bertz CT molecular complexity index is 716. The lowest BCUT2D eigenvalue weighted by Gasteiger charge is -2.18. The number of fused-ring (bicyclic) bond motifs is 2. The quantitative estimate of drug-likeness (QED) is 0.863. The van der Waals surface area contributed by atoms with E-state index in [1.54, 1.807) is 18.3 Å². The lowest BCUT2D eigenvalue weighted by molar-refractivity contribution is -0.137. The first kappa shape index (κ1) is 12.5. The molecule has 0 fully saturated rings. The second-order valence-electron chi connectivity index (χ2n) is 4.63. The number of hydrogen-bond donors (Lipinski definition) is 1. The van der Waals surface area contributed by atoms with Gasteiger partial charge in [-0.05, 0) is 13.0 Å². The molecule has 1 aliphatic heterocycles. The Balaban J connectivity index is 2.24. The zero-order valence-corrected chi connectivity index (χ0v) is 10.9. The Morgan fingerprint density at radius 1 is 1.25 bits per heavy atom. The van der Waals surface area contributed by atoms with Crippen molar-refractivity contribution >= 4 is 22.7 Å². The van der Waals surface area contributed by atoms with Gasteiger partial charge in [0.15, 0.2) is 17.3 Å². The van der Waals surface area contributed by atoms with Crippen LogP contribution in [0.4, 0.5) is 0 Å². The molecule has 6 heteroatoms. The van der Waals surface area contributed by atoms with Gasteiger partial charge in [-0.1, -0.05) is 0 Å². The van der Waals surface area contributed by atoms with E-state index < -0.39 is 5.97 Å². The Morgan fingerprint density at radius 3 is 2.50 bits per heavy atom. The zero-order chi connectivity index (χ0) is 14.3. The van der Waals surface area contributed by atoms with E-state index in [0.29, 0.717) is 41.2 Å². The van der Waals surface area contributed by atoms with Gasteiger partial charge in [0.25, 0.3) is 0 Å². The first-order valence-electron chi connectivity index (χ1n) is 6.21. The number of ether oxygens (including phenoxy) is 2. The Hall–Kier alpha value is -2.50. The first-order valence-corrected chi connectivity index (χ1v) is 6.21. The summed E-state index contributed by atoms with van der Waals surface area (Å²) in [7, 11) is 0. The van der Waals surface area contributed by atoms with Crippen molar-refractivity contribution in [2.24, 2.45) is 0 Å². The van der Waals surface area contributed by atoms with E-state index in [4.69, 9.17) is 14.6 Å². The number of carboxylic acid groups (broad SMARTS) is 1. The molecule has 1 N–H and O–H groups in total. The van der Waals surface area contributed by atoms with Gasteiger partial charge in [0.2, 0.25) is 0 Å². The predicted molar refractivity (Wildman–Crippen MR) is 70.6 cm³/mol. The van der Waals surface area contributed by atoms with Crippen molar-refractivity contribution < 1.29 is 24.2 Å². The highest BCUT2D eigenvalue weighted by molar-refractivity contribution is 6.08. The number of carboxylic acids is 1. The van der Waals surface area contributed by atoms with Crippen LogP contribution in [0.5, 0.6) is 11.5 Å². The molecule has 0 bridgehead atoms. The second kappa shape index (κ2) is 4.56. The molecule has 20 heavy (non-hydrogen) atoms. The normalized spacial score (nSPS) is 13.4. The van der Waals surface area contributed by atoms with E-state index in [-0.39, 0.29) is 12.3 Å². The standard InChI is InChI=1S/C14H13NO5/c1-8(16)10-6-15(7-14(17)18)11-5-13-12(4-9(10)11)19-2-3-20-13/h4-6H,2-3,7H2,1H3,(H,17,18). The van der Waals surface area contributed by atoms with Crippen LogP contribution in [-0.2, 0) is 11.3 Å². The topological polar surface area (TPSA) is 77.8 Å². The molecule has 1 aromatic carbocycles. The van der Waals surface area contributed by atoms with Gasteiger partial charge in [0.05, 0.1) is 5.52 Å². The molecule has 0 aliphatic carbocycles. The smallest absolute Gasteiger partial charge is 0.323 e. The largest absolute Gasteiger partial charge is 0.486 e. The number of carbonyl (C=O) groups is 2. The minimum Gasteiger partial charge on any atom is -0.486 e. The average Bonchev–Trinajstić information content (AvgIpc) is 2.74. The number of benzene rings is 1. The van der Waals surface area contributed by atoms with E-state index in [0.717, 1.165) is 0 Å². The van der Waals surface area contributed by atoms with Crippen LogP contribution in [0.2, 0.25) is 0 Å². The molecule has 3 rings (SSSR count). The van der Waals surface area contributed by atoms with Gasteiger partial charge in [-0.2, -0.15) is 0 Å². The lowest BCUT2D eigenvalue weighted by Crippen LogP contribution is -2.15. The molecule has 0 spiro atoms. The average molecular weight is 275 g/mol. The maximum atomic E-state index is 11.7. The summed E-state index contributed by atoms with van der Waals surface area (Å²) < 4.78 is 12.5. The number of ketones is 1. The van der Waals surface area contributed by atoms with E-state index in [9.17, 15) is 9.59 Å². The molecule has 1 aromatic heterocycles. The molecule has 2 heterocycles.